The maximum atomic E-state index is 12.8. The van der Waals surface area contributed by atoms with E-state index in [-0.39, 0.29) is 11.1 Å². The van der Waals surface area contributed by atoms with Gasteiger partial charge in [-0.15, -0.1) is 0 Å². The van der Waals surface area contributed by atoms with Crippen molar-refractivity contribution in [1.29, 1.82) is 0 Å². The van der Waals surface area contributed by atoms with Crippen molar-refractivity contribution in [2.75, 3.05) is 11.9 Å². The van der Waals surface area contributed by atoms with E-state index in [1.807, 2.05) is 0 Å². The van der Waals surface area contributed by atoms with E-state index in [0.717, 1.165) is 12.5 Å². The first-order valence-electron chi connectivity index (χ1n) is 5.70. The number of hydrogen-bond donors (Lipinski definition) is 1. The Morgan fingerprint density at radius 3 is 2.28 bits per heavy atom. The molecule has 0 saturated heterocycles. The van der Waals surface area contributed by atoms with E-state index in [1.54, 1.807) is 0 Å². The van der Waals surface area contributed by atoms with Crippen LogP contribution < -0.4 is 5.32 Å². The summed E-state index contributed by atoms with van der Waals surface area (Å²) >= 11 is 3.19. The van der Waals surface area contributed by atoms with E-state index in [4.69, 9.17) is 0 Å². The summed E-state index contributed by atoms with van der Waals surface area (Å²) in [6.45, 7) is 6.68. The summed E-state index contributed by atoms with van der Waals surface area (Å²) in [6.07, 6.45) is -3.53. The predicted octanol–water partition coefficient (Wildman–Crippen LogP) is 5.32. The normalized spacial score (nSPS) is 12.6. The van der Waals surface area contributed by atoms with Crippen molar-refractivity contribution in [3.63, 3.8) is 0 Å². The molecule has 18 heavy (non-hydrogen) atoms. The zero-order chi connectivity index (χ0) is 14.0. The van der Waals surface area contributed by atoms with Crippen LogP contribution in [0.5, 0.6) is 0 Å². The van der Waals surface area contributed by atoms with Gasteiger partial charge in [-0.3, -0.25) is 0 Å². The molecule has 0 saturated carbocycles. The van der Waals surface area contributed by atoms with Gasteiger partial charge in [-0.1, -0.05) is 36.7 Å². The third-order valence-corrected chi connectivity index (χ3v) is 2.97. The van der Waals surface area contributed by atoms with Crippen LogP contribution in [0.25, 0.3) is 0 Å². The molecule has 0 bridgehead atoms. The lowest BCUT2D eigenvalue weighted by molar-refractivity contribution is -0.136. The lowest BCUT2D eigenvalue weighted by Gasteiger charge is -2.20. The van der Waals surface area contributed by atoms with Gasteiger partial charge < -0.3 is 5.32 Å². The van der Waals surface area contributed by atoms with E-state index in [0.29, 0.717) is 11.0 Å². The molecule has 1 N–H and O–H groups in total. The van der Waals surface area contributed by atoms with Gasteiger partial charge in [0.15, 0.2) is 0 Å². The van der Waals surface area contributed by atoms with Crippen molar-refractivity contribution in [1.82, 2.24) is 0 Å². The van der Waals surface area contributed by atoms with Crippen molar-refractivity contribution >= 4 is 21.6 Å². The van der Waals surface area contributed by atoms with Gasteiger partial charge in [-0.2, -0.15) is 13.2 Å². The summed E-state index contributed by atoms with van der Waals surface area (Å²) in [5, 5.41) is 2.87. The van der Waals surface area contributed by atoms with Gasteiger partial charge in [0, 0.05) is 16.7 Å². The van der Waals surface area contributed by atoms with Gasteiger partial charge in [0.1, 0.15) is 0 Å². The first kappa shape index (κ1) is 15.3. The van der Waals surface area contributed by atoms with Gasteiger partial charge >= 0.3 is 6.18 Å². The standard InChI is InChI=1S/C13H17BrF3N/c1-12(2,3)6-7-18-11-8-9(14)4-5-10(11)13(15,16)17/h4-5,8,18H,6-7H2,1-3H3. The van der Waals surface area contributed by atoms with Crippen LogP contribution >= 0.6 is 15.9 Å². The van der Waals surface area contributed by atoms with Crippen LogP contribution in [0.1, 0.15) is 32.8 Å². The number of benzene rings is 1. The number of rotatable bonds is 3. The first-order chi connectivity index (χ1) is 8.09. The molecule has 1 nitrogen and oxygen atoms in total. The summed E-state index contributed by atoms with van der Waals surface area (Å²) in [4.78, 5) is 0. The minimum Gasteiger partial charge on any atom is -0.385 e. The Bertz CT molecular complexity index is 408. The molecule has 0 fully saturated rings. The van der Waals surface area contributed by atoms with Gasteiger partial charge in [-0.25, -0.2) is 0 Å². The molecule has 0 radical (unpaired) electrons. The molecule has 0 unspecified atom stereocenters. The number of anilines is 1. The summed E-state index contributed by atoms with van der Waals surface area (Å²) in [5.41, 5.74) is -0.405. The largest absolute Gasteiger partial charge is 0.418 e. The molecule has 0 heterocycles. The molecule has 5 heteroatoms. The smallest absolute Gasteiger partial charge is 0.385 e. The third kappa shape index (κ3) is 4.88. The average molecular weight is 324 g/mol. The highest BCUT2D eigenvalue weighted by atomic mass is 79.9. The summed E-state index contributed by atoms with van der Waals surface area (Å²) in [6, 6.07) is 3.95. The molecule has 102 valence electrons. The molecule has 0 aliphatic heterocycles. The van der Waals surface area contributed by atoms with Crippen LogP contribution in [0.15, 0.2) is 22.7 Å². The second kappa shape index (κ2) is 5.51. The quantitative estimate of drug-likeness (QED) is 0.794. The Morgan fingerprint density at radius 1 is 1.17 bits per heavy atom. The van der Waals surface area contributed by atoms with E-state index >= 15 is 0 Å². The van der Waals surface area contributed by atoms with Crippen molar-refractivity contribution < 1.29 is 13.2 Å². The van der Waals surface area contributed by atoms with Crippen LogP contribution in [-0.4, -0.2) is 6.54 Å². The topological polar surface area (TPSA) is 12.0 Å². The number of halogens is 4. The van der Waals surface area contributed by atoms with Gasteiger partial charge in [0.05, 0.1) is 5.56 Å². The fraction of sp³-hybridized carbons (Fsp3) is 0.538. The SMILES string of the molecule is CC(C)(C)CCNc1cc(Br)ccc1C(F)(F)F. The zero-order valence-electron chi connectivity index (χ0n) is 10.7. The molecule has 0 aliphatic rings. The zero-order valence-corrected chi connectivity index (χ0v) is 12.2. The molecular weight excluding hydrogens is 307 g/mol. The minimum atomic E-state index is -4.33. The molecule has 0 spiro atoms. The number of hydrogen-bond acceptors (Lipinski definition) is 1. The molecular formula is C13H17BrF3N. The first-order valence-corrected chi connectivity index (χ1v) is 6.49. The van der Waals surface area contributed by atoms with Crippen LogP contribution in [0.4, 0.5) is 18.9 Å². The second-order valence-corrected chi connectivity index (χ2v) is 6.34. The van der Waals surface area contributed by atoms with Crippen LogP contribution in [0.3, 0.4) is 0 Å². The minimum absolute atomic E-state index is 0.0947. The molecule has 1 aromatic rings. The van der Waals surface area contributed by atoms with Gasteiger partial charge in [0.25, 0.3) is 0 Å². The molecule has 0 amide bonds. The van der Waals surface area contributed by atoms with E-state index in [1.165, 1.54) is 12.1 Å². The second-order valence-electron chi connectivity index (χ2n) is 5.43. The Kier molecular flexibility index (Phi) is 4.70. The van der Waals surface area contributed by atoms with Crippen molar-refractivity contribution in [2.45, 2.75) is 33.4 Å². The van der Waals surface area contributed by atoms with E-state index < -0.39 is 11.7 Å². The summed E-state index contributed by atoms with van der Waals surface area (Å²) in [5.74, 6) is 0. The maximum absolute atomic E-state index is 12.8. The number of nitrogens with one attached hydrogen (secondary N) is 1. The summed E-state index contributed by atoms with van der Waals surface area (Å²) < 4.78 is 39.0. The Labute approximate surface area is 114 Å². The van der Waals surface area contributed by atoms with Crippen molar-refractivity contribution in [3.05, 3.63) is 28.2 Å². The highest BCUT2D eigenvalue weighted by Gasteiger charge is 2.33. The molecule has 0 aromatic heterocycles. The molecule has 1 rings (SSSR count). The highest BCUT2D eigenvalue weighted by Crippen LogP contribution is 2.36. The monoisotopic (exact) mass is 323 g/mol. The molecule has 1 aromatic carbocycles. The van der Waals surface area contributed by atoms with E-state index in [9.17, 15) is 13.2 Å². The van der Waals surface area contributed by atoms with Gasteiger partial charge in [-0.05, 0) is 30.0 Å². The van der Waals surface area contributed by atoms with E-state index in [2.05, 4.69) is 42.0 Å². The van der Waals surface area contributed by atoms with Crippen LogP contribution in [0, 0.1) is 5.41 Å². The van der Waals surface area contributed by atoms with Crippen molar-refractivity contribution in [2.24, 2.45) is 5.41 Å². The summed E-state index contributed by atoms with van der Waals surface area (Å²) in [7, 11) is 0. The lowest BCUT2D eigenvalue weighted by atomic mass is 9.92. The fourth-order valence-corrected chi connectivity index (χ4v) is 1.84. The fourth-order valence-electron chi connectivity index (χ4n) is 1.48. The third-order valence-electron chi connectivity index (χ3n) is 2.48. The Hall–Kier alpha value is -0.710. The van der Waals surface area contributed by atoms with Crippen molar-refractivity contribution in [3.8, 4) is 0 Å². The Balaban J connectivity index is 2.84. The predicted molar refractivity (Wildman–Crippen MR) is 71.7 cm³/mol. The highest BCUT2D eigenvalue weighted by molar-refractivity contribution is 9.10. The van der Waals surface area contributed by atoms with Gasteiger partial charge in [0.2, 0.25) is 0 Å². The molecule has 0 aliphatic carbocycles. The van der Waals surface area contributed by atoms with Crippen LogP contribution in [0.2, 0.25) is 0 Å². The molecule has 0 atom stereocenters. The number of alkyl halides is 3. The average Bonchev–Trinajstić information content (AvgIpc) is 2.13. The maximum Gasteiger partial charge on any atom is 0.418 e. The lowest BCUT2D eigenvalue weighted by Crippen LogP contribution is -2.16. The Morgan fingerprint density at radius 2 is 1.78 bits per heavy atom. The van der Waals surface area contributed by atoms with Crippen LogP contribution in [-0.2, 0) is 6.18 Å².